The Labute approximate surface area is 191 Å². The summed E-state index contributed by atoms with van der Waals surface area (Å²) in [6, 6.07) is 13.7. The number of benzene rings is 2. The van der Waals surface area contributed by atoms with Crippen LogP contribution >= 0.6 is 58.3 Å². The highest BCUT2D eigenvalue weighted by atomic mass is 35.5. The van der Waals surface area contributed by atoms with E-state index in [0.717, 1.165) is 22.2 Å². The molecule has 1 aromatic heterocycles. The summed E-state index contributed by atoms with van der Waals surface area (Å²) in [5, 5.41) is 15.9. The number of nitrogens with zero attached hydrogens (tertiary/aromatic N) is 3. The lowest BCUT2D eigenvalue weighted by atomic mass is 10.4. The first-order valence-corrected chi connectivity index (χ1v) is 11.1. The molecule has 29 heavy (non-hydrogen) atoms. The molecule has 0 saturated heterocycles. The second-order valence-corrected chi connectivity index (χ2v) is 9.30. The van der Waals surface area contributed by atoms with Gasteiger partial charge in [0.15, 0.2) is 0 Å². The monoisotopic (exact) mass is 491 g/mol. The molecule has 0 aliphatic heterocycles. The van der Waals surface area contributed by atoms with Gasteiger partial charge in [-0.2, -0.15) is 0 Å². The number of hydrogen-bond acceptors (Lipinski definition) is 5. The number of hydrogen-bond donors (Lipinski definition) is 1. The van der Waals surface area contributed by atoms with Gasteiger partial charge in [-0.25, -0.2) is 4.98 Å². The predicted octanol–water partition coefficient (Wildman–Crippen LogP) is 6.45. The van der Waals surface area contributed by atoms with Gasteiger partial charge in [0.25, 0.3) is 5.09 Å². The van der Waals surface area contributed by atoms with Crippen molar-refractivity contribution in [1.29, 1.82) is 0 Å². The van der Waals surface area contributed by atoms with Crippen LogP contribution in [0.3, 0.4) is 0 Å². The van der Waals surface area contributed by atoms with Gasteiger partial charge in [-0.15, -0.1) is 33.6 Å². The lowest BCUT2D eigenvalue weighted by Crippen LogP contribution is -2.14. The lowest BCUT2D eigenvalue weighted by Gasteiger charge is -2.17. The highest BCUT2D eigenvalue weighted by Crippen LogP contribution is 2.33. The predicted molar refractivity (Wildman–Crippen MR) is 119 cm³/mol. The SMILES string of the molecule is Clc1ccc(SCC(Cn2ccnc2)Sc2ccc(Cl)c(Cl)c2)cc1.O=[N+]([O-])O. The Morgan fingerprint density at radius 3 is 2.34 bits per heavy atom. The van der Waals surface area contributed by atoms with E-state index in [0.29, 0.717) is 15.3 Å². The van der Waals surface area contributed by atoms with Crippen LogP contribution in [0.15, 0.2) is 71.0 Å². The molecule has 1 unspecified atom stereocenters. The zero-order chi connectivity index (χ0) is 21.2. The topological polar surface area (TPSA) is 81.2 Å². The Morgan fingerprint density at radius 1 is 1.10 bits per heavy atom. The van der Waals surface area contributed by atoms with E-state index in [1.807, 2.05) is 66.8 Å². The molecule has 1 heterocycles. The summed E-state index contributed by atoms with van der Waals surface area (Å²) in [7, 11) is 0. The highest BCUT2D eigenvalue weighted by Gasteiger charge is 2.13. The fourth-order valence-corrected chi connectivity index (χ4v) is 4.96. The van der Waals surface area contributed by atoms with E-state index < -0.39 is 5.09 Å². The maximum absolute atomic E-state index is 8.36. The first-order valence-electron chi connectivity index (χ1n) is 8.12. The zero-order valence-corrected chi connectivity index (χ0v) is 18.7. The van der Waals surface area contributed by atoms with E-state index >= 15 is 0 Å². The smallest absolute Gasteiger partial charge is 0.291 e. The fraction of sp³-hybridized carbons (Fsp3) is 0.167. The van der Waals surface area contributed by atoms with Crippen molar-refractivity contribution in [2.75, 3.05) is 5.75 Å². The number of imidazole rings is 1. The molecule has 0 radical (unpaired) electrons. The molecule has 154 valence electrons. The van der Waals surface area contributed by atoms with Gasteiger partial charge in [0.05, 0.1) is 16.4 Å². The Balaban J connectivity index is 0.000000687. The minimum absolute atomic E-state index is 0.354. The minimum atomic E-state index is -1.50. The van der Waals surface area contributed by atoms with Crippen LogP contribution in [0.4, 0.5) is 0 Å². The van der Waals surface area contributed by atoms with E-state index in [1.165, 1.54) is 4.90 Å². The molecule has 1 N–H and O–H groups in total. The van der Waals surface area contributed by atoms with Gasteiger partial charge in [0.2, 0.25) is 0 Å². The summed E-state index contributed by atoms with van der Waals surface area (Å²) in [5.74, 6) is 0.949. The Kier molecular flexibility index (Phi) is 9.96. The third kappa shape index (κ3) is 9.18. The van der Waals surface area contributed by atoms with Gasteiger partial charge in [0, 0.05) is 44.8 Å². The van der Waals surface area contributed by atoms with Gasteiger partial charge in [-0.05, 0) is 42.5 Å². The Bertz CT molecular complexity index is 908. The molecule has 0 aliphatic carbocycles. The molecule has 3 rings (SSSR count). The van der Waals surface area contributed by atoms with E-state index in [4.69, 9.17) is 50.1 Å². The van der Waals surface area contributed by atoms with E-state index in [2.05, 4.69) is 9.55 Å². The van der Waals surface area contributed by atoms with Gasteiger partial charge in [-0.3, -0.25) is 0 Å². The van der Waals surface area contributed by atoms with Crippen molar-refractivity contribution in [2.24, 2.45) is 0 Å². The standard InChI is InChI=1S/C18H15Cl3N2S2.HNO3/c19-13-1-3-14(4-2-13)24-11-16(10-23-8-7-22-12-23)25-15-5-6-17(20)18(21)9-15;2-1(3)4/h1-9,12,16H,10-11H2;(H,2,3,4). The van der Waals surface area contributed by atoms with E-state index in [-0.39, 0.29) is 0 Å². The molecule has 0 saturated carbocycles. The van der Waals surface area contributed by atoms with Crippen LogP contribution in [0.5, 0.6) is 0 Å². The molecule has 1 atom stereocenters. The average Bonchev–Trinajstić information content (AvgIpc) is 3.17. The number of aromatic nitrogens is 2. The molecule has 0 aliphatic rings. The number of halogens is 3. The second kappa shape index (κ2) is 12.2. The van der Waals surface area contributed by atoms with Crippen molar-refractivity contribution in [2.45, 2.75) is 21.6 Å². The fourth-order valence-electron chi connectivity index (χ4n) is 2.22. The van der Waals surface area contributed by atoms with Crippen LogP contribution < -0.4 is 0 Å². The van der Waals surface area contributed by atoms with Crippen LogP contribution in [0.1, 0.15) is 0 Å². The normalized spacial score (nSPS) is 11.4. The van der Waals surface area contributed by atoms with Gasteiger partial charge >= 0.3 is 0 Å². The zero-order valence-electron chi connectivity index (χ0n) is 14.8. The minimum Gasteiger partial charge on any atom is -0.336 e. The first kappa shape index (κ1) is 23.7. The van der Waals surface area contributed by atoms with Gasteiger partial charge in [0.1, 0.15) is 0 Å². The summed E-state index contributed by atoms with van der Waals surface area (Å²) in [4.78, 5) is 14.8. The van der Waals surface area contributed by atoms with E-state index in [1.54, 1.807) is 18.0 Å². The maximum atomic E-state index is 8.36. The third-order valence-corrected chi connectivity index (χ3v) is 6.97. The lowest BCUT2D eigenvalue weighted by molar-refractivity contribution is -0.742. The Morgan fingerprint density at radius 2 is 1.76 bits per heavy atom. The second-order valence-electron chi connectivity index (χ2n) is 5.58. The molecule has 0 bridgehead atoms. The number of thioether (sulfide) groups is 2. The van der Waals surface area contributed by atoms with Gasteiger partial charge in [-0.1, -0.05) is 34.8 Å². The van der Waals surface area contributed by atoms with Crippen LogP contribution in [0, 0.1) is 10.1 Å². The Hall–Kier alpha value is -1.58. The molecule has 0 fully saturated rings. The molecule has 2 aromatic carbocycles. The van der Waals surface area contributed by atoms with Crippen LogP contribution in [-0.2, 0) is 6.54 Å². The van der Waals surface area contributed by atoms with Crippen molar-refractivity contribution in [3.63, 3.8) is 0 Å². The molecule has 6 nitrogen and oxygen atoms in total. The van der Waals surface area contributed by atoms with Crippen LogP contribution in [0.2, 0.25) is 15.1 Å². The van der Waals surface area contributed by atoms with E-state index in [9.17, 15) is 0 Å². The quantitative estimate of drug-likeness (QED) is 0.232. The molecule has 0 amide bonds. The summed E-state index contributed by atoms with van der Waals surface area (Å²) < 4.78 is 2.09. The maximum Gasteiger partial charge on any atom is 0.291 e. The largest absolute Gasteiger partial charge is 0.336 e. The average molecular weight is 493 g/mol. The third-order valence-electron chi connectivity index (χ3n) is 3.42. The first-order chi connectivity index (χ1) is 13.8. The van der Waals surface area contributed by atoms with Crippen molar-refractivity contribution >= 4 is 58.3 Å². The molecular formula is C18H16Cl3N3O3S2. The summed E-state index contributed by atoms with van der Waals surface area (Å²) in [6.07, 6.45) is 5.62. The molecule has 0 spiro atoms. The molecule has 3 aromatic rings. The van der Waals surface area contributed by atoms with Crippen molar-refractivity contribution in [3.05, 3.63) is 86.4 Å². The van der Waals surface area contributed by atoms with Crippen molar-refractivity contribution in [3.8, 4) is 0 Å². The van der Waals surface area contributed by atoms with Crippen LogP contribution in [0.25, 0.3) is 0 Å². The molecule has 11 heteroatoms. The highest BCUT2D eigenvalue weighted by molar-refractivity contribution is 8.03. The van der Waals surface area contributed by atoms with Crippen molar-refractivity contribution in [1.82, 2.24) is 9.55 Å². The molecular weight excluding hydrogens is 477 g/mol. The van der Waals surface area contributed by atoms with Crippen LogP contribution in [-0.4, -0.2) is 30.8 Å². The summed E-state index contributed by atoms with van der Waals surface area (Å²) in [5.41, 5.74) is 0. The van der Waals surface area contributed by atoms with Crippen molar-refractivity contribution < 1.29 is 10.3 Å². The summed E-state index contributed by atoms with van der Waals surface area (Å²) >= 11 is 21.7. The number of rotatable bonds is 7. The van der Waals surface area contributed by atoms with Gasteiger partial charge < -0.3 is 9.77 Å². The summed E-state index contributed by atoms with van der Waals surface area (Å²) in [6.45, 7) is 0.867.